The number of rotatable bonds is 5. The zero-order valence-electron chi connectivity index (χ0n) is 17.4. The van der Waals surface area contributed by atoms with E-state index in [0.717, 1.165) is 42.3 Å². The van der Waals surface area contributed by atoms with Gasteiger partial charge in [0.15, 0.2) is 11.6 Å². The third-order valence-corrected chi connectivity index (χ3v) is 5.32. The maximum atomic E-state index is 12.7. The average molecular weight is 403 g/mol. The highest BCUT2D eigenvalue weighted by Crippen LogP contribution is 2.18. The molecule has 1 aromatic carbocycles. The molecule has 0 saturated carbocycles. The zero-order chi connectivity index (χ0) is 20.9. The second kappa shape index (κ2) is 8.90. The second-order valence-electron chi connectivity index (χ2n) is 7.45. The molecule has 1 N–H and O–H groups in total. The highest BCUT2D eigenvalue weighted by atomic mass is 16.2. The topological polar surface area (TPSA) is 74.2 Å². The van der Waals surface area contributed by atoms with Crippen molar-refractivity contribution in [2.45, 2.75) is 20.3 Å². The van der Waals surface area contributed by atoms with E-state index < -0.39 is 0 Å². The summed E-state index contributed by atoms with van der Waals surface area (Å²) in [4.78, 5) is 21.1. The number of amides is 1. The van der Waals surface area contributed by atoms with Gasteiger partial charge in [-0.15, -0.1) is 10.2 Å². The first kappa shape index (κ1) is 19.8. The number of hydrogen-bond donors (Lipinski definition) is 1. The van der Waals surface area contributed by atoms with Crippen molar-refractivity contribution in [1.29, 1.82) is 0 Å². The van der Waals surface area contributed by atoms with Crippen molar-refractivity contribution in [2.75, 3.05) is 36.4 Å². The lowest BCUT2D eigenvalue weighted by molar-refractivity contribution is 0.0746. The van der Waals surface area contributed by atoms with Gasteiger partial charge in [-0.2, -0.15) is 0 Å². The van der Waals surface area contributed by atoms with E-state index in [9.17, 15) is 4.79 Å². The van der Waals surface area contributed by atoms with Crippen molar-refractivity contribution in [3.8, 4) is 0 Å². The van der Waals surface area contributed by atoms with E-state index in [1.54, 1.807) is 0 Å². The van der Waals surface area contributed by atoms with E-state index >= 15 is 0 Å². The van der Waals surface area contributed by atoms with Gasteiger partial charge in [-0.05, 0) is 54.8 Å². The minimum atomic E-state index is 0.0912. The SMILES string of the molecule is CCc1ccc(C(=O)N2CCN(c3ccc(Nc4ccc(C)cn4)nn3)CC2)cc1. The second-order valence-corrected chi connectivity index (χ2v) is 7.45. The van der Waals surface area contributed by atoms with Crippen LogP contribution in [-0.2, 0) is 6.42 Å². The minimum absolute atomic E-state index is 0.0912. The van der Waals surface area contributed by atoms with Crippen LogP contribution >= 0.6 is 0 Å². The van der Waals surface area contributed by atoms with Crippen molar-refractivity contribution < 1.29 is 4.79 Å². The van der Waals surface area contributed by atoms with Crippen LogP contribution < -0.4 is 10.2 Å². The number of benzene rings is 1. The van der Waals surface area contributed by atoms with Crippen molar-refractivity contribution >= 4 is 23.4 Å². The molecule has 0 aliphatic carbocycles. The lowest BCUT2D eigenvalue weighted by Crippen LogP contribution is -2.49. The van der Waals surface area contributed by atoms with E-state index in [1.807, 2.05) is 66.6 Å². The number of carbonyl (C=O) groups excluding carboxylic acids is 1. The van der Waals surface area contributed by atoms with Crippen LogP contribution in [0.3, 0.4) is 0 Å². The average Bonchev–Trinajstić information content (AvgIpc) is 2.81. The molecule has 7 nitrogen and oxygen atoms in total. The molecule has 3 aromatic rings. The molecule has 2 aromatic heterocycles. The molecular formula is C23H26N6O. The molecule has 0 unspecified atom stereocenters. The van der Waals surface area contributed by atoms with Crippen LogP contribution in [0.4, 0.5) is 17.5 Å². The van der Waals surface area contributed by atoms with Gasteiger partial charge in [0, 0.05) is 37.9 Å². The molecule has 1 saturated heterocycles. The lowest BCUT2D eigenvalue weighted by atomic mass is 10.1. The Hall–Kier alpha value is -3.48. The fourth-order valence-electron chi connectivity index (χ4n) is 3.44. The predicted octanol–water partition coefficient (Wildman–Crippen LogP) is 3.45. The van der Waals surface area contributed by atoms with E-state index in [1.165, 1.54) is 5.56 Å². The number of piperazine rings is 1. The molecular weight excluding hydrogens is 376 g/mol. The standard InChI is InChI=1S/C23H26N6O/c1-3-18-5-7-19(8-6-18)23(30)29-14-12-28(13-15-29)22-11-10-21(26-27-22)25-20-9-4-17(2)16-24-20/h4-11,16H,3,12-15H2,1-2H3,(H,24,25,26). The van der Waals surface area contributed by atoms with E-state index in [2.05, 4.69) is 32.3 Å². The molecule has 0 spiro atoms. The number of aryl methyl sites for hydroxylation is 2. The maximum absolute atomic E-state index is 12.7. The van der Waals surface area contributed by atoms with Gasteiger partial charge in [0.2, 0.25) is 0 Å². The summed E-state index contributed by atoms with van der Waals surface area (Å²) in [7, 11) is 0. The maximum Gasteiger partial charge on any atom is 0.253 e. The van der Waals surface area contributed by atoms with Crippen molar-refractivity contribution in [1.82, 2.24) is 20.1 Å². The van der Waals surface area contributed by atoms with Crippen molar-refractivity contribution in [2.24, 2.45) is 0 Å². The van der Waals surface area contributed by atoms with Crippen LogP contribution in [0.5, 0.6) is 0 Å². The summed E-state index contributed by atoms with van der Waals surface area (Å²) in [5.74, 6) is 2.30. The Morgan fingerprint density at radius 1 is 0.933 bits per heavy atom. The first-order valence-electron chi connectivity index (χ1n) is 10.3. The van der Waals surface area contributed by atoms with Crippen LogP contribution in [0.1, 0.15) is 28.4 Å². The Bertz CT molecular complexity index is 978. The summed E-state index contributed by atoms with van der Waals surface area (Å²) in [5.41, 5.74) is 3.10. The number of carbonyl (C=O) groups is 1. The Morgan fingerprint density at radius 3 is 2.27 bits per heavy atom. The van der Waals surface area contributed by atoms with E-state index in [-0.39, 0.29) is 5.91 Å². The highest BCUT2D eigenvalue weighted by Gasteiger charge is 2.23. The first-order chi connectivity index (χ1) is 14.6. The Labute approximate surface area is 176 Å². The Kier molecular flexibility index (Phi) is 5.88. The fourth-order valence-corrected chi connectivity index (χ4v) is 3.44. The number of anilines is 3. The molecule has 30 heavy (non-hydrogen) atoms. The Morgan fingerprint density at radius 2 is 1.67 bits per heavy atom. The Balaban J connectivity index is 1.33. The number of nitrogens with zero attached hydrogens (tertiary/aromatic N) is 5. The van der Waals surface area contributed by atoms with Crippen LogP contribution in [0, 0.1) is 6.92 Å². The van der Waals surface area contributed by atoms with Crippen molar-refractivity contribution in [3.63, 3.8) is 0 Å². The van der Waals surface area contributed by atoms with Gasteiger partial charge in [0.05, 0.1) is 0 Å². The van der Waals surface area contributed by atoms with Gasteiger partial charge in [-0.1, -0.05) is 25.1 Å². The summed E-state index contributed by atoms with van der Waals surface area (Å²) in [6.45, 7) is 6.92. The summed E-state index contributed by atoms with van der Waals surface area (Å²) < 4.78 is 0. The number of aromatic nitrogens is 3. The number of pyridine rings is 1. The molecule has 4 rings (SSSR count). The number of hydrogen-bond acceptors (Lipinski definition) is 6. The molecule has 7 heteroatoms. The van der Waals surface area contributed by atoms with Crippen molar-refractivity contribution in [3.05, 3.63) is 71.4 Å². The molecule has 3 heterocycles. The quantitative estimate of drug-likeness (QED) is 0.705. The molecule has 1 fully saturated rings. The molecule has 1 aliphatic heterocycles. The highest BCUT2D eigenvalue weighted by molar-refractivity contribution is 5.94. The van der Waals surface area contributed by atoms with Gasteiger partial charge in [0.25, 0.3) is 5.91 Å². The zero-order valence-corrected chi connectivity index (χ0v) is 17.4. The number of nitrogens with one attached hydrogen (secondary N) is 1. The predicted molar refractivity (Wildman–Crippen MR) is 118 cm³/mol. The first-order valence-corrected chi connectivity index (χ1v) is 10.3. The summed E-state index contributed by atoms with van der Waals surface area (Å²) in [6.07, 6.45) is 2.78. The van der Waals surface area contributed by atoms with Crippen LogP contribution in [-0.4, -0.2) is 52.2 Å². The van der Waals surface area contributed by atoms with E-state index in [4.69, 9.17) is 0 Å². The normalized spacial score (nSPS) is 13.9. The summed E-state index contributed by atoms with van der Waals surface area (Å²) in [5, 5.41) is 11.8. The molecule has 154 valence electrons. The molecule has 0 atom stereocenters. The summed E-state index contributed by atoms with van der Waals surface area (Å²) in [6, 6.07) is 15.7. The third-order valence-electron chi connectivity index (χ3n) is 5.32. The molecule has 0 radical (unpaired) electrons. The van der Waals surface area contributed by atoms with Gasteiger partial charge in [-0.25, -0.2) is 4.98 Å². The lowest BCUT2D eigenvalue weighted by Gasteiger charge is -2.35. The fraction of sp³-hybridized carbons (Fsp3) is 0.304. The van der Waals surface area contributed by atoms with Crippen LogP contribution in [0.15, 0.2) is 54.7 Å². The van der Waals surface area contributed by atoms with Gasteiger partial charge in [-0.3, -0.25) is 4.79 Å². The third kappa shape index (κ3) is 4.56. The monoisotopic (exact) mass is 402 g/mol. The van der Waals surface area contributed by atoms with Crippen LogP contribution in [0.2, 0.25) is 0 Å². The van der Waals surface area contributed by atoms with Crippen LogP contribution in [0.25, 0.3) is 0 Å². The molecule has 0 bridgehead atoms. The van der Waals surface area contributed by atoms with Gasteiger partial charge >= 0.3 is 0 Å². The largest absolute Gasteiger partial charge is 0.352 e. The van der Waals surface area contributed by atoms with Gasteiger partial charge in [0.1, 0.15) is 5.82 Å². The molecule has 1 amide bonds. The van der Waals surface area contributed by atoms with E-state index in [0.29, 0.717) is 18.9 Å². The minimum Gasteiger partial charge on any atom is -0.352 e. The molecule has 1 aliphatic rings. The summed E-state index contributed by atoms with van der Waals surface area (Å²) >= 11 is 0. The van der Waals surface area contributed by atoms with Gasteiger partial charge < -0.3 is 15.1 Å². The smallest absolute Gasteiger partial charge is 0.253 e.